The minimum atomic E-state index is -0.441. The molecule has 1 atom stereocenters. The van der Waals surface area contributed by atoms with E-state index in [9.17, 15) is 9.59 Å². The van der Waals surface area contributed by atoms with Crippen molar-refractivity contribution in [2.45, 2.75) is 6.04 Å². The molecular formula is C14H17ClN4O4S. The highest BCUT2D eigenvalue weighted by Gasteiger charge is 2.22. The third kappa shape index (κ3) is 4.12. The van der Waals surface area contributed by atoms with E-state index in [0.29, 0.717) is 36.3 Å². The second-order valence-corrected chi connectivity index (χ2v) is 5.76. The Morgan fingerprint density at radius 1 is 1.50 bits per heavy atom. The highest BCUT2D eigenvalue weighted by molar-refractivity contribution is 7.14. The zero-order valence-corrected chi connectivity index (χ0v) is 14.5. The quantitative estimate of drug-likeness (QED) is 0.698. The number of carbonyl (C=O) groups is 2. The predicted molar refractivity (Wildman–Crippen MR) is 91.7 cm³/mol. The molecule has 1 aliphatic heterocycles. The van der Waals surface area contributed by atoms with Gasteiger partial charge in [0.2, 0.25) is 5.91 Å². The van der Waals surface area contributed by atoms with Crippen LogP contribution in [0.25, 0.3) is 11.3 Å². The van der Waals surface area contributed by atoms with Crippen LogP contribution in [0.1, 0.15) is 10.5 Å². The average Bonchev–Trinajstić information content (AvgIpc) is 3.24. The van der Waals surface area contributed by atoms with Crippen molar-refractivity contribution < 1.29 is 19.1 Å². The van der Waals surface area contributed by atoms with Crippen LogP contribution in [0.3, 0.4) is 0 Å². The van der Waals surface area contributed by atoms with Crippen LogP contribution in [-0.4, -0.2) is 54.8 Å². The van der Waals surface area contributed by atoms with Crippen LogP contribution in [-0.2, 0) is 14.3 Å². The summed E-state index contributed by atoms with van der Waals surface area (Å²) in [7, 11) is 1.32. The molecule has 10 heteroatoms. The van der Waals surface area contributed by atoms with Crippen molar-refractivity contribution >= 4 is 40.8 Å². The number of thiazole rings is 1. The van der Waals surface area contributed by atoms with Crippen molar-refractivity contribution in [3.63, 3.8) is 0 Å². The molecule has 0 aliphatic carbocycles. The number of ether oxygens (including phenoxy) is 2. The zero-order valence-electron chi connectivity index (χ0n) is 12.8. The molecule has 3 N–H and O–H groups in total. The van der Waals surface area contributed by atoms with Crippen LogP contribution in [0, 0.1) is 0 Å². The monoisotopic (exact) mass is 372 g/mol. The van der Waals surface area contributed by atoms with Crippen LogP contribution in [0.15, 0.2) is 17.6 Å². The SMILES string of the molecule is COC(=O)c1cc(-c2csc(NC(=O)C3COCCN3)n2)c[nH]1.Cl. The van der Waals surface area contributed by atoms with E-state index in [0.717, 1.165) is 5.56 Å². The van der Waals surface area contributed by atoms with Gasteiger partial charge in [-0.1, -0.05) is 0 Å². The number of H-pyrrole nitrogens is 1. The third-order valence-electron chi connectivity index (χ3n) is 3.36. The average molecular weight is 373 g/mol. The third-order valence-corrected chi connectivity index (χ3v) is 4.11. The summed E-state index contributed by atoms with van der Waals surface area (Å²) in [5.74, 6) is -0.613. The lowest BCUT2D eigenvalue weighted by Gasteiger charge is -2.22. The number of esters is 1. The molecule has 2 aromatic heterocycles. The number of halogens is 1. The van der Waals surface area contributed by atoms with E-state index in [2.05, 4.69) is 25.3 Å². The minimum Gasteiger partial charge on any atom is -0.464 e. The number of methoxy groups -OCH3 is 1. The van der Waals surface area contributed by atoms with Crippen LogP contribution in [0.5, 0.6) is 0 Å². The first-order valence-electron chi connectivity index (χ1n) is 7.02. The standard InChI is InChI=1S/C14H16N4O4S.ClH/c1-21-13(20)9-4-8(5-16-9)11-7-23-14(17-11)18-12(19)10-6-22-3-2-15-10;/h4-5,7,10,15-16H,2-3,6H2,1H3,(H,17,18,19);1H. The molecule has 1 aliphatic rings. The summed E-state index contributed by atoms with van der Waals surface area (Å²) in [6.45, 7) is 1.62. The number of carbonyl (C=O) groups excluding carboxylic acids is 2. The van der Waals surface area contributed by atoms with Crippen molar-refractivity contribution in [1.82, 2.24) is 15.3 Å². The molecule has 1 amide bonds. The van der Waals surface area contributed by atoms with Gasteiger partial charge < -0.3 is 25.1 Å². The molecule has 3 heterocycles. The maximum atomic E-state index is 12.1. The zero-order chi connectivity index (χ0) is 16.2. The summed E-state index contributed by atoms with van der Waals surface area (Å²) >= 11 is 1.32. The largest absolute Gasteiger partial charge is 0.464 e. The van der Waals surface area contributed by atoms with Gasteiger partial charge in [0.1, 0.15) is 11.7 Å². The van der Waals surface area contributed by atoms with Crippen LogP contribution in [0.4, 0.5) is 5.13 Å². The molecule has 1 fully saturated rings. The van der Waals surface area contributed by atoms with E-state index in [1.807, 2.05) is 5.38 Å². The van der Waals surface area contributed by atoms with Gasteiger partial charge in [-0.15, -0.1) is 23.7 Å². The van der Waals surface area contributed by atoms with Gasteiger partial charge in [0, 0.05) is 23.7 Å². The molecule has 1 unspecified atom stereocenters. The van der Waals surface area contributed by atoms with Gasteiger partial charge in [-0.05, 0) is 6.07 Å². The van der Waals surface area contributed by atoms with E-state index < -0.39 is 5.97 Å². The highest BCUT2D eigenvalue weighted by Crippen LogP contribution is 2.25. The van der Waals surface area contributed by atoms with Crippen molar-refractivity contribution in [3.8, 4) is 11.3 Å². The van der Waals surface area contributed by atoms with Gasteiger partial charge >= 0.3 is 5.97 Å². The van der Waals surface area contributed by atoms with E-state index in [1.54, 1.807) is 12.3 Å². The van der Waals surface area contributed by atoms with E-state index in [1.165, 1.54) is 18.4 Å². The maximum absolute atomic E-state index is 12.1. The first-order valence-corrected chi connectivity index (χ1v) is 7.90. The van der Waals surface area contributed by atoms with Crippen molar-refractivity contribution in [2.24, 2.45) is 0 Å². The number of aromatic nitrogens is 2. The van der Waals surface area contributed by atoms with Gasteiger partial charge in [0.05, 0.1) is 26.0 Å². The summed E-state index contributed by atoms with van der Waals surface area (Å²) in [4.78, 5) is 30.7. The van der Waals surface area contributed by atoms with Gasteiger partial charge in [-0.3, -0.25) is 4.79 Å². The molecule has 2 aromatic rings. The Morgan fingerprint density at radius 2 is 2.33 bits per heavy atom. The van der Waals surface area contributed by atoms with Crippen LogP contribution < -0.4 is 10.6 Å². The minimum absolute atomic E-state index is 0. The molecule has 8 nitrogen and oxygen atoms in total. The Balaban J connectivity index is 0.00000208. The lowest BCUT2D eigenvalue weighted by atomic mass is 10.2. The molecule has 0 bridgehead atoms. The fourth-order valence-corrected chi connectivity index (χ4v) is 2.88. The lowest BCUT2D eigenvalue weighted by molar-refractivity contribution is -0.120. The number of hydrogen-bond donors (Lipinski definition) is 3. The summed E-state index contributed by atoms with van der Waals surface area (Å²) in [6.07, 6.45) is 1.67. The molecule has 1 saturated heterocycles. The van der Waals surface area contributed by atoms with E-state index in [-0.39, 0.29) is 24.4 Å². The van der Waals surface area contributed by atoms with Crippen LogP contribution in [0.2, 0.25) is 0 Å². The van der Waals surface area contributed by atoms with Gasteiger partial charge in [-0.2, -0.15) is 0 Å². The van der Waals surface area contributed by atoms with Gasteiger partial charge in [0.15, 0.2) is 5.13 Å². The molecule has 0 spiro atoms. The van der Waals surface area contributed by atoms with Crippen molar-refractivity contribution in [3.05, 3.63) is 23.3 Å². The molecule has 130 valence electrons. The first kappa shape index (κ1) is 18.4. The second-order valence-electron chi connectivity index (χ2n) is 4.90. The predicted octanol–water partition coefficient (Wildman–Crippen LogP) is 1.27. The number of rotatable bonds is 4. The Bertz CT molecular complexity index is 711. The normalized spacial score (nSPS) is 17.0. The molecular weight excluding hydrogens is 356 g/mol. The Kier molecular flexibility index (Phi) is 6.32. The smallest absolute Gasteiger partial charge is 0.354 e. The van der Waals surface area contributed by atoms with E-state index in [4.69, 9.17) is 4.74 Å². The number of hydrogen-bond acceptors (Lipinski definition) is 7. The lowest BCUT2D eigenvalue weighted by Crippen LogP contribution is -2.48. The van der Waals surface area contributed by atoms with E-state index >= 15 is 0 Å². The summed E-state index contributed by atoms with van der Waals surface area (Å²) in [6, 6.07) is 1.29. The summed E-state index contributed by atoms with van der Waals surface area (Å²) in [5.41, 5.74) is 1.77. The molecule has 0 radical (unpaired) electrons. The summed E-state index contributed by atoms with van der Waals surface area (Å²) < 4.78 is 9.91. The summed E-state index contributed by atoms with van der Waals surface area (Å²) in [5, 5.41) is 8.16. The molecule has 3 rings (SSSR count). The number of morpholine rings is 1. The number of amides is 1. The highest BCUT2D eigenvalue weighted by atomic mass is 35.5. The maximum Gasteiger partial charge on any atom is 0.354 e. The van der Waals surface area contributed by atoms with Crippen LogP contribution >= 0.6 is 23.7 Å². The Labute approximate surface area is 148 Å². The van der Waals surface area contributed by atoms with Gasteiger partial charge in [0.25, 0.3) is 0 Å². The Morgan fingerprint density at radius 3 is 3.04 bits per heavy atom. The number of nitrogens with one attached hydrogen (secondary N) is 3. The fraction of sp³-hybridized carbons (Fsp3) is 0.357. The molecule has 24 heavy (non-hydrogen) atoms. The van der Waals surface area contributed by atoms with Crippen molar-refractivity contribution in [2.75, 3.05) is 32.2 Å². The second kappa shape index (κ2) is 8.25. The number of anilines is 1. The number of nitrogens with zero attached hydrogens (tertiary/aromatic N) is 1. The Hall–Kier alpha value is -1.94. The topological polar surface area (TPSA) is 105 Å². The first-order chi connectivity index (χ1) is 11.2. The number of aromatic amines is 1. The van der Waals surface area contributed by atoms with Crippen molar-refractivity contribution in [1.29, 1.82) is 0 Å². The molecule has 0 saturated carbocycles. The fourth-order valence-electron chi connectivity index (χ4n) is 2.16. The molecule has 0 aromatic carbocycles. The van der Waals surface area contributed by atoms with Gasteiger partial charge in [-0.25, -0.2) is 9.78 Å².